The maximum atomic E-state index is 9.23. The van der Waals surface area contributed by atoms with Crippen LogP contribution in [0.5, 0.6) is 0 Å². The maximum Gasteiger partial charge on any atom is 0.111 e. The molecule has 1 aromatic heterocycles. The van der Waals surface area contributed by atoms with E-state index in [2.05, 4.69) is 10.2 Å². The molecule has 0 amide bonds. The monoisotopic (exact) mass is 151 g/mol. The number of hydrogen-bond donors (Lipinski definition) is 2. The van der Waals surface area contributed by atoms with E-state index in [9.17, 15) is 5.11 Å². The average molecular weight is 151 g/mol. The van der Waals surface area contributed by atoms with Crippen molar-refractivity contribution >= 4 is 0 Å². The molecular weight excluding hydrogens is 142 g/mol. The summed E-state index contributed by atoms with van der Waals surface area (Å²) in [6.45, 7) is 1.84. The molecule has 0 saturated carbocycles. The summed E-state index contributed by atoms with van der Waals surface area (Å²) in [4.78, 5) is 0. The SMILES string of the molecule is Cc1cc(C(O)CC#N)n[nH]1. The van der Waals surface area contributed by atoms with Crippen molar-refractivity contribution in [2.45, 2.75) is 19.4 Å². The Hall–Kier alpha value is -1.34. The van der Waals surface area contributed by atoms with Crippen LogP contribution in [0.3, 0.4) is 0 Å². The van der Waals surface area contributed by atoms with E-state index < -0.39 is 6.10 Å². The van der Waals surface area contributed by atoms with Crippen molar-refractivity contribution in [3.63, 3.8) is 0 Å². The summed E-state index contributed by atoms with van der Waals surface area (Å²) in [5, 5.41) is 24.0. The van der Waals surface area contributed by atoms with Crippen molar-refractivity contribution in [2.24, 2.45) is 0 Å². The first kappa shape index (κ1) is 7.76. The minimum atomic E-state index is -0.759. The number of aliphatic hydroxyl groups excluding tert-OH is 1. The smallest absolute Gasteiger partial charge is 0.111 e. The molecule has 1 rings (SSSR count). The van der Waals surface area contributed by atoms with E-state index in [1.54, 1.807) is 6.07 Å². The van der Waals surface area contributed by atoms with Gasteiger partial charge in [0.2, 0.25) is 0 Å². The summed E-state index contributed by atoms with van der Waals surface area (Å²) in [5.74, 6) is 0. The first-order chi connectivity index (χ1) is 5.24. The van der Waals surface area contributed by atoms with Crippen LogP contribution in [-0.4, -0.2) is 15.3 Å². The van der Waals surface area contributed by atoms with Crippen molar-refractivity contribution in [1.82, 2.24) is 10.2 Å². The van der Waals surface area contributed by atoms with Crippen LogP contribution < -0.4 is 0 Å². The van der Waals surface area contributed by atoms with Crippen LogP contribution in [0.1, 0.15) is 23.9 Å². The minimum Gasteiger partial charge on any atom is -0.386 e. The van der Waals surface area contributed by atoms with Crippen molar-refractivity contribution in [2.75, 3.05) is 0 Å². The Kier molecular flexibility index (Phi) is 2.24. The first-order valence-electron chi connectivity index (χ1n) is 3.31. The highest BCUT2D eigenvalue weighted by atomic mass is 16.3. The van der Waals surface area contributed by atoms with E-state index in [4.69, 9.17) is 5.26 Å². The Morgan fingerprint density at radius 2 is 2.64 bits per heavy atom. The zero-order valence-electron chi connectivity index (χ0n) is 6.20. The van der Waals surface area contributed by atoms with Crippen LogP contribution in [0.2, 0.25) is 0 Å². The number of aliphatic hydroxyl groups is 1. The van der Waals surface area contributed by atoms with Gasteiger partial charge in [-0.15, -0.1) is 0 Å². The van der Waals surface area contributed by atoms with Crippen LogP contribution >= 0.6 is 0 Å². The van der Waals surface area contributed by atoms with Crippen LogP contribution in [0.15, 0.2) is 6.07 Å². The minimum absolute atomic E-state index is 0.0876. The summed E-state index contributed by atoms with van der Waals surface area (Å²) in [7, 11) is 0. The van der Waals surface area contributed by atoms with Gasteiger partial charge in [0.25, 0.3) is 0 Å². The van der Waals surface area contributed by atoms with Crippen LogP contribution in [0.4, 0.5) is 0 Å². The van der Waals surface area contributed by atoms with Gasteiger partial charge >= 0.3 is 0 Å². The molecule has 1 heterocycles. The topological polar surface area (TPSA) is 72.7 Å². The number of hydrogen-bond acceptors (Lipinski definition) is 3. The zero-order chi connectivity index (χ0) is 8.27. The number of rotatable bonds is 2. The Morgan fingerprint density at radius 3 is 3.09 bits per heavy atom. The van der Waals surface area contributed by atoms with E-state index in [0.29, 0.717) is 5.69 Å². The van der Waals surface area contributed by atoms with E-state index in [1.807, 2.05) is 13.0 Å². The molecule has 0 aliphatic heterocycles. The van der Waals surface area contributed by atoms with Crippen LogP contribution in [0, 0.1) is 18.3 Å². The summed E-state index contributed by atoms with van der Waals surface area (Å²) in [5.41, 5.74) is 1.42. The quantitative estimate of drug-likeness (QED) is 0.652. The van der Waals surface area contributed by atoms with Gasteiger partial charge < -0.3 is 5.11 Å². The molecule has 1 unspecified atom stereocenters. The molecule has 2 N–H and O–H groups in total. The third-order valence-electron chi connectivity index (χ3n) is 1.35. The van der Waals surface area contributed by atoms with Gasteiger partial charge in [-0.25, -0.2) is 0 Å². The fraction of sp³-hybridized carbons (Fsp3) is 0.429. The predicted octanol–water partition coefficient (Wildman–Crippen LogP) is 0.665. The van der Waals surface area contributed by atoms with Crippen LogP contribution in [-0.2, 0) is 0 Å². The van der Waals surface area contributed by atoms with E-state index in [0.717, 1.165) is 5.69 Å². The lowest BCUT2D eigenvalue weighted by Gasteiger charge is -1.98. The molecule has 4 nitrogen and oxygen atoms in total. The summed E-state index contributed by atoms with van der Waals surface area (Å²) < 4.78 is 0. The Labute approximate surface area is 64.5 Å². The number of aromatic nitrogens is 2. The molecule has 4 heteroatoms. The van der Waals surface area contributed by atoms with Gasteiger partial charge in [-0.3, -0.25) is 5.10 Å². The third-order valence-corrected chi connectivity index (χ3v) is 1.35. The largest absolute Gasteiger partial charge is 0.386 e. The molecule has 0 aromatic carbocycles. The van der Waals surface area contributed by atoms with E-state index in [-0.39, 0.29) is 6.42 Å². The molecule has 1 aromatic rings. The highest BCUT2D eigenvalue weighted by Crippen LogP contribution is 2.13. The predicted molar refractivity (Wildman–Crippen MR) is 38.5 cm³/mol. The van der Waals surface area contributed by atoms with Gasteiger partial charge in [-0.1, -0.05) is 0 Å². The molecule has 0 aliphatic rings. The summed E-state index contributed by atoms with van der Waals surface area (Å²) >= 11 is 0. The lowest BCUT2D eigenvalue weighted by atomic mass is 10.2. The molecule has 1 atom stereocenters. The molecule has 11 heavy (non-hydrogen) atoms. The first-order valence-corrected chi connectivity index (χ1v) is 3.31. The molecule has 0 aliphatic carbocycles. The molecule has 0 bridgehead atoms. The van der Waals surface area contributed by atoms with Crippen molar-refractivity contribution in [3.8, 4) is 6.07 Å². The lowest BCUT2D eigenvalue weighted by Crippen LogP contribution is -1.95. The number of aromatic amines is 1. The fourth-order valence-electron chi connectivity index (χ4n) is 0.801. The van der Waals surface area contributed by atoms with Gasteiger partial charge in [0.1, 0.15) is 6.10 Å². The van der Waals surface area contributed by atoms with Gasteiger partial charge in [-0.05, 0) is 13.0 Å². The molecule has 0 spiro atoms. The number of aryl methyl sites for hydroxylation is 1. The fourth-order valence-corrected chi connectivity index (χ4v) is 0.801. The molecule has 58 valence electrons. The second-order valence-electron chi connectivity index (χ2n) is 2.35. The molecule has 0 radical (unpaired) electrons. The second kappa shape index (κ2) is 3.17. The van der Waals surface area contributed by atoms with Crippen molar-refractivity contribution < 1.29 is 5.11 Å². The van der Waals surface area contributed by atoms with Gasteiger partial charge in [-0.2, -0.15) is 10.4 Å². The van der Waals surface area contributed by atoms with Gasteiger partial charge in [0, 0.05) is 5.69 Å². The standard InChI is InChI=1S/C7H9N3O/c1-5-4-6(10-9-5)7(11)2-3-8/h4,7,11H,2H2,1H3,(H,9,10). The average Bonchev–Trinajstić information content (AvgIpc) is 2.36. The van der Waals surface area contributed by atoms with Gasteiger partial charge in [0.15, 0.2) is 0 Å². The zero-order valence-corrected chi connectivity index (χ0v) is 6.20. The number of H-pyrrole nitrogens is 1. The normalized spacial score (nSPS) is 12.5. The van der Waals surface area contributed by atoms with Gasteiger partial charge in [0.05, 0.1) is 18.2 Å². The molecule has 0 fully saturated rings. The van der Waals surface area contributed by atoms with Crippen LogP contribution in [0.25, 0.3) is 0 Å². The van der Waals surface area contributed by atoms with E-state index >= 15 is 0 Å². The number of nitriles is 1. The lowest BCUT2D eigenvalue weighted by molar-refractivity contribution is 0.178. The Morgan fingerprint density at radius 1 is 1.91 bits per heavy atom. The van der Waals surface area contributed by atoms with Crippen molar-refractivity contribution in [1.29, 1.82) is 5.26 Å². The summed E-state index contributed by atoms with van der Waals surface area (Å²) in [6, 6.07) is 3.60. The second-order valence-corrected chi connectivity index (χ2v) is 2.35. The van der Waals surface area contributed by atoms with E-state index in [1.165, 1.54) is 0 Å². The number of nitrogens with one attached hydrogen (secondary N) is 1. The van der Waals surface area contributed by atoms with Crippen molar-refractivity contribution in [3.05, 3.63) is 17.5 Å². The maximum absolute atomic E-state index is 9.23. The highest BCUT2D eigenvalue weighted by molar-refractivity contribution is 5.10. The molecule has 0 saturated heterocycles. The highest BCUT2D eigenvalue weighted by Gasteiger charge is 2.08. The Bertz CT molecular complexity index is 273. The summed E-state index contributed by atoms with van der Waals surface area (Å²) in [6.07, 6.45) is -0.672. The number of nitrogens with zero attached hydrogens (tertiary/aromatic N) is 2. The Balaban J connectivity index is 2.70. The third kappa shape index (κ3) is 1.79. The molecular formula is C7H9N3O.